The van der Waals surface area contributed by atoms with Crippen LogP contribution < -0.4 is 0 Å². The predicted octanol–water partition coefficient (Wildman–Crippen LogP) is 1.08. The van der Waals surface area contributed by atoms with E-state index in [1.165, 1.54) is 6.92 Å². The normalized spacial score (nSPS) is 31.4. The molecular formula is C12H20O4. The van der Waals surface area contributed by atoms with Gasteiger partial charge in [0.15, 0.2) is 5.78 Å². The van der Waals surface area contributed by atoms with Crippen LogP contribution in [0.3, 0.4) is 0 Å². The van der Waals surface area contributed by atoms with Gasteiger partial charge in [0, 0.05) is 25.9 Å². The van der Waals surface area contributed by atoms with Crippen LogP contribution >= 0.6 is 0 Å². The summed E-state index contributed by atoms with van der Waals surface area (Å²) >= 11 is 0. The van der Waals surface area contributed by atoms with Crippen molar-refractivity contribution in [3.05, 3.63) is 0 Å². The van der Waals surface area contributed by atoms with E-state index in [2.05, 4.69) is 0 Å². The van der Waals surface area contributed by atoms with Gasteiger partial charge in [-0.25, -0.2) is 0 Å². The summed E-state index contributed by atoms with van der Waals surface area (Å²) < 4.78 is 10.7. The summed E-state index contributed by atoms with van der Waals surface area (Å²) in [4.78, 5) is 22.6. The molecule has 1 aliphatic heterocycles. The lowest BCUT2D eigenvalue weighted by Gasteiger charge is -2.22. The first-order valence-corrected chi connectivity index (χ1v) is 5.64. The monoisotopic (exact) mass is 228 g/mol. The number of carbonyl (C=O) groups excluding carboxylic acids is 2. The average Bonchev–Trinajstić information content (AvgIpc) is 2.59. The third kappa shape index (κ3) is 2.68. The molecule has 16 heavy (non-hydrogen) atoms. The molecule has 4 heteroatoms. The first-order valence-electron chi connectivity index (χ1n) is 5.64. The lowest BCUT2D eigenvalue weighted by molar-refractivity contribution is -0.140. The van der Waals surface area contributed by atoms with Crippen LogP contribution in [0.25, 0.3) is 0 Å². The van der Waals surface area contributed by atoms with Crippen LogP contribution in [0.1, 0.15) is 20.8 Å². The Morgan fingerprint density at radius 2 is 2.12 bits per heavy atom. The molecule has 2 unspecified atom stereocenters. The molecule has 0 aliphatic carbocycles. The maximum absolute atomic E-state index is 11.6. The molecule has 0 radical (unpaired) electrons. The van der Waals surface area contributed by atoms with Crippen molar-refractivity contribution in [3.63, 3.8) is 0 Å². The Hall–Kier alpha value is -0.740. The summed E-state index contributed by atoms with van der Waals surface area (Å²) in [5.41, 5.74) is 0. The second kappa shape index (κ2) is 5.55. The second-order valence-electron chi connectivity index (χ2n) is 4.58. The molecular weight excluding hydrogens is 208 g/mol. The molecule has 1 saturated heterocycles. The van der Waals surface area contributed by atoms with Crippen LogP contribution in [-0.2, 0) is 19.1 Å². The maximum Gasteiger partial charge on any atom is 0.203 e. The SMILES string of the molecule is COC[C@@H]1COC(C(C)C(=O)C(C)=O)[C@H]1C. The molecule has 1 rings (SSSR count). The van der Waals surface area contributed by atoms with Gasteiger partial charge in [-0.05, 0) is 5.92 Å². The third-order valence-electron chi connectivity index (χ3n) is 3.40. The van der Waals surface area contributed by atoms with Gasteiger partial charge in [-0.2, -0.15) is 0 Å². The van der Waals surface area contributed by atoms with Gasteiger partial charge in [0.2, 0.25) is 5.78 Å². The molecule has 0 spiro atoms. The van der Waals surface area contributed by atoms with E-state index in [1.54, 1.807) is 14.0 Å². The number of Topliss-reactive ketones (excluding diaryl/α,β-unsaturated/α-hetero) is 2. The standard InChI is InChI=1S/C12H20O4/c1-7-10(5-15-4)6-16-12(7)8(2)11(14)9(3)13/h7-8,10,12H,5-6H2,1-4H3/t7-,8?,10+,12?/m0/s1. The molecule has 92 valence electrons. The number of hydrogen-bond acceptors (Lipinski definition) is 4. The lowest BCUT2D eigenvalue weighted by atomic mass is 9.84. The molecule has 0 bridgehead atoms. The first-order chi connectivity index (χ1) is 7.49. The number of ether oxygens (including phenoxy) is 2. The van der Waals surface area contributed by atoms with E-state index in [0.717, 1.165) is 0 Å². The maximum atomic E-state index is 11.6. The van der Waals surface area contributed by atoms with Crippen LogP contribution in [0.5, 0.6) is 0 Å². The van der Waals surface area contributed by atoms with Gasteiger partial charge >= 0.3 is 0 Å². The summed E-state index contributed by atoms with van der Waals surface area (Å²) in [6.45, 7) is 6.37. The van der Waals surface area contributed by atoms with Crippen LogP contribution in [0.15, 0.2) is 0 Å². The highest BCUT2D eigenvalue weighted by atomic mass is 16.5. The van der Waals surface area contributed by atoms with Crippen molar-refractivity contribution in [2.45, 2.75) is 26.9 Å². The van der Waals surface area contributed by atoms with E-state index in [4.69, 9.17) is 9.47 Å². The number of methoxy groups -OCH3 is 1. The highest BCUT2D eigenvalue weighted by Crippen LogP contribution is 2.32. The van der Waals surface area contributed by atoms with Crippen LogP contribution in [0.4, 0.5) is 0 Å². The molecule has 4 nitrogen and oxygen atoms in total. The Morgan fingerprint density at radius 3 is 2.62 bits per heavy atom. The molecule has 0 N–H and O–H groups in total. The number of rotatable bonds is 5. The molecule has 0 saturated carbocycles. The zero-order valence-corrected chi connectivity index (χ0v) is 10.4. The largest absolute Gasteiger partial charge is 0.384 e. The van der Waals surface area contributed by atoms with Crippen LogP contribution in [0.2, 0.25) is 0 Å². The van der Waals surface area contributed by atoms with Crippen molar-refractivity contribution in [2.75, 3.05) is 20.3 Å². The van der Waals surface area contributed by atoms with Gasteiger partial charge in [0.25, 0.3) is 0 Å². The van der Waals surface area contributed by atoms with Gasteiger partial charge in [-0.3, -0.25) is 9.59 Å². The molecule has 1 aliphatic rings. The van der Waals surface area contributed by atoms with Crippen molar-refractivity contribution in [1.29, 1.82) is 0 Å². The van der Waals surface area contributed by atoms with Crippen molar-refractivity contribution < 1.29 is 19.1 Å². The van der Waals surface area contributed by atoms with Gasteiger partial charge in [-0.1, -0.05) is 13.8 Å². The van der Waals surface area contributed by atoms with E-state index in [-0.39, 0.29) is 23.7 Å². The topological polar surface area (TPSA) is 52.6 Å². The van der Waals surface area contributed by atoms with Gasteiger partial charge in [-0.15, -0.1) is 0 Å². The molecule has 4 atom stereocenters. The van der Waals surface area contributed by atoms with E-state index in [9.17, 15) is 9.59 Å². The molecule has 0 aromatic carbocycles. The Labute approximate surface area is 96.3 Å². The Balaban J connectivity index is 2.62. The quantitative estimate of drug-likeness (QED) is 0.661. The molecule has 0 amide bonds. The Bertz CT molecular complexity index is 274. The minimum atomic E-state index is -0.390. The summed E-state index contributed by atoms with van der Waals surface area (Å²) in [7, 11) is 1.66. The van der Waals surface area contributed by atoms with Gasteiger partial charge in [0.1, 0.15) is 0 Å². The van der Waals surface area contributed by atoms with Gasteiger partial charge < -0.3 is 9.47 Å². The zero-order valence-electron chi connectivity index (χ0n) is 10.4. The fraction of sp³-hybridized carbons (Fsp3) is 0.833. The fourth-order valence-electron chi connectivity index (χ4n) is 2.29. The number of ketones is 2. The second-order valence-corrected chi connectivity index (χ2v) is 4.58. The van der Waals surface area contributed by atoms with Crippen molar-refractivity contribution >= 4 is 11.6 Å². The molecule has 0 aromatic heterocycles. The van der Waals surface area contributed by atoms with Crippen molar-refractivity contribution in [2.24, 2.45) is 17.8 Å². The van der Waals surface area contributed by atoms with Crippen LogP contribution in [0, 0.1) is 17.8 Å². The lowest BCUT2D eigenvalue weighted by Crippen LogP contribution is -2.34. The highest BCUT2D eigenvalue weighted by Gasteiger charge is 2.40. The Kier molecular flexibility index (Phi) is 4.62. The van der Waals surface area contributed by atoms with E-state index >= 15 is 0 Å². The van der Waals surface area contributed by atoms with Crippen molar-refractivity contribution in [1.82, 2.24) is 0 Å². The molecule has 1 heterocycles. The predicted molar refractivity (Wildman–Crippen MR) is 59.1 cm³/mol. The van der Waals surface area contributed by atoms with E-state index < -0.39 is 5.78 Å². The van der Waals surface area contributed by atoms with Crippen LogP contribution in [-0.4, -0.2) is 38.0 Å². The summed E-state index contributed by atoms with van der Waals surface area (Å²) in [6.07, 6.45) is -0.156. The number of carbonyl (C=O) groups is 2. The average molecular weight is 228 g/mol. The minimum absolute atomic E-state index is 0.156. The summed E-state index contributed by atoms with van der Waals surface area (Å²) in [5.74, 6) is -0.516. The summed E-state index contributed by atoms with van der Waals surface area (Å²) in [5, 5.41) is 0. The first kappa shape index (κ1) is 13.3. The molecule has 1 fully saturated rings. The zero-order chi connectivity index (χ0) is 12.3. The van der Waals surface area contributed by atoms with E-state index in [1.807, 2.05) is 6.92 Å². The minimum Gasteiger partial charge on any atom is -0.384 e. The fourth-order valence-corrected chi connectivity index (χ4v) is 2.29. The summed E-state index contributed by atoms with van der Waals surface area (Å²) in [6, 6.07) is 0. The smallest absolute Gasteiger partial charge is 0.203 e. The number of hydrogen-bond donors (Lipinski definition) is 0. The van der Waals surface area contributed by atoms with Crippen molar-refractivity contribution in [3.8, 4) is 0 Å². The molecule has 0 aromatic rings. The third-order valence-corrected chi connectivity index (χ3v) is 3.40. The highest BCUT2D eigenvalue weighted by molar-refractivity contribution is 6.37. The van der Waals surface area contributed by atoms with Gasteiger partial charge in [0.05, 0.1) is 19.3 Å². The Morgan fingerprint density at radius 1 is 1.50 bits per heavy atom. The van der Waals surface area contributed by atoms with E-state index in [0.29, 0.717) is 19.1 Å².